The lowest BCUT2D eigenvalue weighted by molar-refractivity contribution is -0.133. The number of ether oxygens (including phenoxy) is 1. The molecule has 1 aromatic carbocycles. The molecular formula is C12H13BrF3NO. The maximum absolute atomic E-state index is 12.1. The van der Waals surface area contributed by atoms with Crippen LogP contribution in [0.3, 0.4) is 0 Å². The molecule has 1 aliphatic heterocycles. The smallest absolute Gasteiger partial charge is 0.390 e. The van der Waals surface area contributed by atoms with Crippen LogP contribution in [-0.4, -0.2) is 19.3 Å². The van der Waals surface area contributed by atoms with E-state index in [1.807, 2.05) is 18.2 Å². The zero-order valence-electron chi connectivity index (χ0n) is 9.56. The summed E-state index contributed by atoms with van der Waals surface area (Å²) in [7, 11) is 0. The molecule has 0 aromatic heterocycles. The summed E-state index contributed by atoms with van der Waals surface area (Å²) in [5.41, 5.74) is 0.915. The molecule has 0 saturated heterocycles. The van der Waals surface area contributed by atoms with Crippen molar-refractivity contribution in [3.8, 4) is 5.75 Å². The molecule has 0 radical (unpaired) electrons. The summed E-state index contributed by atoms with van der Waals surface area (Å²) in [5.74, 6) is 0.744. The van der Waals surface area contributed by atoms with E-state index >= 15 is 0 Å². The summed E-state index contributed by atoms with van der Waals surface area (Å²) < 4.78 is 42.7. The number of hydrogen-bond acceptors (Lipinski definition) is 2. The van der Waals surface area contributed by atoms with E-state index in [4.69, 9.17) is 4.74 Å². The highest BCUT2D eigenvalue weighted by molar-refractivity contribution is 9.10. The van der Waals surface area contributed by atoms with Crippen molar-refractivity contribution < 1.29 is 17.9 Å². The van der Waals surface area contributed by atoms with Gasteiger partial charge in [0.15, 0.2) is 0 Å². The predicted molar refractivity (Wildman–Crippen MR) is 65.7 cm³/mol. The Balaban J connectivity index is 2.01. The number of hydrogen-bond donors (Lipinski definition) is 1. The summed E-state index contributed by atoms with van der Waals surface area (Å²) in [6.07, 6.45) is -4.24. The third kappa shape index (κ3) is 3.62. The fourth-order valence-electron chi connectivity index (χ4n) is 1.97. The normalized spacial score (nSPS) is 19.2. The van der Waals surface area contributed by atoms with Crippen LogP contribution < -0.4 is 10.1 Å². The van der Waals surface area contributed by atoms with Crippen molar-refractivity contribution in [2.75, 3.05) is 13.2 Å². The highest BCUT2D eigenvalue weighted by Gasteiger charge is 2.28. The number of rotatable bonds is 3. The maximum atomic E-state index is 12.1. The summed E-state index contributed by atoms with van der Waals surface area (Å²) in [6.45, 7) is 0.457. The second-order valence-electron chi connectivity index (χ2n) is 4.19. The molecule has 2 rings (SSSR count). The average Bonchev–Trinajstić information content (AvgIpc) is 2.28. The first kappa shape index (κ1) is 13.7. The molecule has 0 saturated carbocycles. The minimum absolute atomic E-state index is 0.0693. The van der Waals surface area contributed by atoms with Crippen molar-refractivity contribution in [3.63, 3.8) is 0 Å². The zero-order chi connectivity index (χ0) is 13.2. The lowest BCUT2D eigenvalue weighted by atomic mass is 10.0. The molecule has 1 unspecified atom stereocenters. The monoisotopic (exact) mass is 323 g/mol. The number of benzene rings is 1. The van der Waals surface area contributed by atoms with Gasteiger partial charge in [0.2, 0.25) is 0 Å². The zero-order valence-corrected chi connectivity index (χ0v) is 11.1. The topological polar surface area (TPSA) is 21.3 Å². The van der Waals surface area contributed by atoms with Crippen LogP contribution in [0.2, 0.25) is 0 Å². The Bertz CT molecular complexity index is 422. The molecule has 6 heteroatoms. The van der Waals surface area contributed by atoms with Gasteiger partial charge in [-0.15, -0.1) is 0 Å². The van der Waals surface area contributed by atoms with Gasteiger partial charge in [-0.05, 0) is 18.2 Å². The van der Waals surface area contributed by atoms with Gasteiger partial charge < -0.3 is 10.1 Å². The molecule has 0 bridgehead atoms. The minimum atomic E-state index is -4.11. The SMILES string of the molecule is FC(F)(F)CCNC1CCOc2ccc(Br)cc21. The highest BCUT2D eigenvalue weighted by Crippen LogP contribution is 2.34. The van der Waals surface area contributed by atoms with Crippen molar-refractivity contribution in [3.05, 3.63) is 28.2 Å². The van der Waals surface area contributed by atoms with Crippen molar-refractivity contribution in [1.82, 2.24) is 5.32 Å². The van der Waals surface area contributed by atoms with Crippen molar-refractivity contribution in [2.45, 2.75) is 25.1 Å². The van der Waals surface area contributed by atoms with E-state index in [1.54, 1.807) is 0 Å². The van der Waals surface area contributed by atoms with Gasteiger partial charge in [-0.2, -0.15) is 13.2 Å². The van der Waals surface area contributed by atoms with Crippen LogP contribution in [0.1, 0.15) is 24.4 Å². The Morgan fingerprint density at radius 2 is 2.17 bits per heavy atom. The Morgan fingerprint density at radius 1 is 1.39 bits per heavy atom. The second kappa shape index (κ2) is 5.48. The standard InChI is InChI=1S/C12H13BrF3NO/c13-8-1-2-11-9(7-8)10(3-6-18-11)17-5-4-12(14,15)16/h1-2,7,10,17H,3-6H2. The van der Waals surface area contributed by atoms with E-state index in [2.05, 4.69) is 21.2 Å². The van der Waals surface area contributed by atoms with Crippen LogP contribution in [0.5, 0.6) is 5.75 Å². The number of nitrogens with one attached hydrogen (secondary N) is 1. The molecule has 0 amide bonds. The van der Waals surface area contributed by atoms with Gasteiger partial charge in [0, 0.05) is 29.0 Å². The molecule has 18 heavy (non-hydrogen) atoms. The second-order valence-corrected chi connectivity index (χ2v) is 5.11. The first-order chi connectivity index (χ1) is 8.46. The van der Waals surface area contributed by atoms with Gasteiger partial charge in [0.05, 0.1) is 13.0 Å². The number of fused-ring (bicyclic) bond motifs is 1. The molecular weight excluding hydrogens is 311 g/mol. The molecule has 0 aliphatic carbocycles. The van der Waals surface area contributed by atoms with E-state index in [9.17, 15) is 13.2 Å². The minimum Gasteiger partial charge on any atom is -0.493 e. The number of alkyl halides is 3. The molecule has 0 fully saturated rings. The molecule has 0 spiro atoms. The third-order valence-electron chi connectivity index (χ3n) is 2.81. The molecule has 1 N–H and O–H groups in total. The Hall–Kier alpha value is -0.750. The van der Waals surface area contributed by atoms with Crippen LogP contribution >= 0.6 is 15.9 Å². The van der Waals surface area contributed by atoms with Gasteiger partial charge >= 0.3 is 6.18 Å². The molecule has 1 aromatic rings. The van der Waals surface area contributed by atoms with Crippen LogP contribution in [-0.2, 0) is 0 Å². The Kier molecular flexibility index (Phi) is 4.17. The van der Waals surface area contributed by atoms with Crippen LogP contribution in [0.4, 0.5) is 13.2 Å². The van der Waals surface area contributed by atoms with Gasteiger partial charge in [-0.25, -0.2) is 0 Å². The van der Waals surface area contributed by atoms with Gasteiger partial charge in [-0.3, -0.25) is 0 Å². The fourth-order valence-corrected chi connectivity index (χ4v) is 2.34. The highest BCUT2D eigenvalue weighted by atomic mass is 79.9. The molecule has 2 nitrogen and oxygen atoms in total. The molecule has 1 heterocycles. The van der Waals surface area contributed by atoms with Crippen molar-refractivity contribution in [1.29, 1.82) is 0 Å². The molecule has 1 atom stereocenters. The Morgan fingerprint density at radius 3 is 2.89 bits per heavy atom. The van der Waals surface area contributed by atoms with E-state index < -0.39 is 12.6 Å². The predicted octanol–water partition coefficient (Wildman–Crippen LogP) is 3.81. The van der Waals surface area contributed by atoms with E-state index in [0.717, 1.165) is 15.8 Å². The van der Waals surface area contributed by atoms with E-state index in [-0.39, 0.29) is 12.6 Å². The Labute approximate surface area is 112 Å². The van der Waals surface area contributed by atoms with Gasteiger partial charge in [0.25, 0.3) is 0 Å². The maximum Gasteiger partial charge on any atom is 0.390 e. The van der Waals surface area contributed by atoms with Crippen LogP contribution in [0, 0.1) is 0 Å². The van der Waals surface area contributed by atoms with E-state index in [0.29, 0.717) is 13.0 Å². The summed E-state index contributed by atoms with van der Waals surface area (Å²) in [6, 6.07) is 5.50. The van der Waals surface area contributed by atoms with Crippen molar-refractivity contribution >= 4 is 15.9 Å². The average molecular weight is 324 g/mol. The molecule has 100 valence electrons. The van der Waals surface area contributed by atoms with Crippen LogP contribution in [0.15, 0.2) is 22.7 Å². The van der Waals surface area contributed by atoms with Gasteiger partial charge in [0.1, 0.15) is 5.75 Å². The lowest BCUT2D eigenvalue weighted by Crippen LogP contribution is -2.30. The van der Waals surface area contributed by atoms with Gasteiger partial charge in [-0.1, -0.05) is 15.9 Å². The first-order valence-corrected chi connectivity index (χ1v) is 6.47. The van der Waals surface area contributed by atoms with Crippen molar-refractivity contribution in [2.24, 2.45) is 0 Å². The quantitative estimate of drug-likeness (QED) is 0.913. The molecule has 1 aliphatic rings. The largest absolute Gasteiger partial charge is 0.493 e. The summed E-state index contributed by atoms with van der Waals surface area (Å²) in [4.78, 5) is 0. The van der Waals surface area contributed by atoms with E-state index in [1.165, 1.54) is 0 Å². The summed E-state index contributed by atoms with van der Waals surface area (Å²) in [5, 5.41) is 2.94. The lowest BCUT2D eigenvalue weighted by Gasteiger charge is -2.27. The summed E-state index contributed by atoms with van der Waals surface area (Å²) >= 11 is 3.35. The first-order valence-electron chi connectivity index (χ1n) is 5.68. The van der Waals surface area contributed by atoms with Crippen LogP contribution in [0.25, 0.3) is 0 Å². The number of halogens is 4. The third-order valence-corrected chi connectivity index (χ3v) is 3.30. The fraction of sp³-hybridized carbons (Fsp3) is 0.500.